The molecule has 4 rings (SSSR count). The molecule has 0 radical (unpaired) electrons. The molecular weight excluding hydrogens is 392 g/mol. The maximum atomic E-state index is 12.8. The topological polar surface area (TPSA) is 63.5 Å². The van der Waals surface area contributed by atoms with Crippen molar-refractivity contribution in [3.63, 3.8) is 0 Å². The Balaban J connectivity index is 1.48. The molecule has 2 heterocycles. The van der Waals surface area contributed by atoms with E-state index in [-0.39, 0.29) is 11.9 Å². The lowest BCUT2D eigenvalue weighted by Gasteiger charge is -2.15. The number of aromatic nitrogens is 2. The van der Waals surface area contributed by atoms with Crippen molar-refractivity contribution in [1.82, 2.24) is 9.78 Å². The SMILES string of the molecule is Cc1ccc(-n2nc(C)cc2NC(=O)C[NH2+][C@H](c2ccccc2)c2cccs2)cc1. The standard InChI is InChI=1S/C24H24N4OS/c1-17-10-12-20(13-11-17)28-22(15-18(2)27-28)26-23(29)16-25-24(21-9-6-14-30-21)19-7-4-3-5-8-19/h3-15,24-25H,16H2,1-2H3,(H,26,29)/p+1/t24-/m1/s1. The Kier molecular flexibility index (Phi) is 6.07. The summed E-state index contributed by atoms with van der Waals surface area (Å²) in [7, 11) is 0. The van der Waals surface area contributed by atoms with Gasteiger partial charge in [0.15, 0.2) is 6.54 Å². The molecule has 0 spiro atoms. The number of rotatable bonds is 7. The summed E-state index contributed by atoms with van der Waals surface area (Å²) in [6.07, 6.45) is 0. The summed E-state index contributed by atoms with van der Waals surface area (Å²) in [4.78, 5) is 14.0. The maximum absolute atomic E-state index is 12.8. The minimum Gasteiger partial charge on any atom is -0.328 e. The highest BCUT2D eigenvalue weighted by molar-refractivity contribution is 7.10. The average Bonchev–Trinajstić information content (AvgIpc) is 3.40. The monoisotopic (exact) mass is 417 g/mol. The molecule has 5 nitrogen and oxygen atoms in total. The Bertz CT molecular complexity index is 1100. The molecule has 0 saturated heterocycles. The zero-order chi connectivity index (χ0) is 20.9. The lowest BCUT2D eigenvalue weighted by molar-refractivity contribution is -0.675. The number of nitrogens with one attached hydrogen (secondary N) is 1. The Hall–Kier alpha value is -3.22. The fourth-order valence-corrected chi connectivity index (χ4v) is 4.29. The quantitative estimate of drug-likeness (QED) is 0.480. The number of aryl methyl sites for hydroxylation is 2. The van der Waals surface area contributed by atoms with E-state index in [9.17, 15) is 4.79 Å². The normalized spacial score (nSPS) is 11.9. The first-order valence-corrected chi connectivity index (χ1v) is 10.8. The number of benzene rings is 2. The summed E-state index contributed by atoms with van der Waals surface area (Å²) in [5.41, 5.74) is 4.15. The lowest BCUT2D eigenvalue weighted by Crippen LogP contribution is -2.87. The number of amides is 1. The predicted octanol–water partition coefficient (Wildman–Crippen LogP) is 3.84. The van der Waals surface area contributed by atoms with Crippen LogP contribution >= 0.6 is 11.3 Å². The van der Waals surface area contributed by atoms with Crippen molar-refractivity contribution in [2.45, 2.75) is 19.9 Å². The molecule has 4 aromatic rings. The molecule has 0 aliphatic rings. The highest BCUT2D eigenvalue weighted by atomic mass is 32.1. The van der Waals surface area contributed by atoms with Crippen LogP contribution in [0.1, 0.15) is 27.7 Å². The number of hydrogen-bond donors (Lipinski definition) is 2. The molecule has 152 valence electrons. The van der Waals surface area contributed by atoms with E-state index in [2.05, 4.69) is 39.3 Å². The van der Waals surface area contributed by atoms with Gasteiger partial charge in [-0.1, -0.05) is 54.1 Å². The smallest absolute Gasteiger partial charge is 0.280 e. The van der Waals surface area contributed by atoms with Crippen LogP contribution in [0.2, 0.25) is 0 Å². The van der Waals surface area contributed by atoms with Gasteiger partial charge >= 0.3 is 0 Å². The molecule has 0 bridgehead atoms. The van der Waals surface area contributed by atoms with Gasteiger partial charge in [-0.15, -0.1) is 11.3 Å². The molecular formula is C24H25N4OS+. The molecule has 2 aromatic heterocycles. The van der Waals surface area contributed by atoms with Crippen molar-refractivity contribution < 1.29 is 10.1 Å². The number of nitrogens with two attached hydrogens (primary N) is 1. The highest BCUT2D eigenvalue weighted by Crippen LogP contribution is 2.22. The largest absolute Gasteiger partial charge is 0.328 e. The van der Waals surface area contributed by atoms with E-state index in [0.717, 1.165) is 11.4 Å². The molecule has 1 atom stereocenters. The number of nitrogens with zero attached hydrogens (tertiary/aromatic N) is 2. The first-order valence-electron chi connectivity index (χ1n) is 9.95. The van der Waals surface area contributed by atoms with Crippen molar-refractivity contribution in [1.29, 1.82) is 0 Å². The summed E-state index contributed by atoms with van der Waals surface area (Å²) < 4.78 is 1.78. The zero-order valence-corrected chi connectivity index (χ0v) is 17.9. The first-order chi connectivity index (χ1) is 14.6. The third-order valence-electron chi connectivity index (χ3n) is 4.92. The van der Waals surface area contributed by atoms with Crippen LogP contribution in [-0.2, 0) is 4.79 Å². The first kappa shape index (κ1) is 20.1. The van der Waals surface area contributed by atoms with Crippen molar-refractivity contribution in [3.8, 4) is 5.69 Å². The van der Waals surface area contributed by atoms with Gasteiger partial charge in [0.05, 0.1) is 16.3 Å². The summed E-state index contributed by atoms with van der Waals surface area (Å²) >= 11 is 1.71. The number of carbonyl (C=O) groups excluding carboxylic acids is 1. The van der Waals surface area contributed by atoms with Crippen LogP contribution in [0.5, 0.6) is 0 Å². The van der Waals surface area contributed by atoms with Crippen LogP contribution < -0.4 is 10.6 Å². The molecule has 1 amide bonds. The van der Waals surface area contributed by atoms with E-state index in [1.165, 1.54) is 16.0 Å². The van der Waals surface area contributed by atoms with Gasteiger partial charge < -0.3 is 10.6 Å². The van der Waals surface area contributed by atoms with Crippen molar-refractivity contribution in [2.75, 3.05) is 11.9 Å². The van der Waals surface area contributed by atoms with Crippen LogP contribution in [0.4, 0.5) is 5.82 Å². The van der Waals surface area contributed by atoms with Gasteiger partial charge in [0, 0.05) is 11.6 Å². The Morgan fingerprint density at radius 1 is 1.07 bits per heavy atom. The molecule has 0 fully saturated rings. The van der Waals surface area contributed by atoms with E-state index in [1.54, 1.807) is 16.0 Å². The second kappa shape index (κ2) is 9.07. The van der Waals surface area contributed by atoms with Crippen molar-refractivity contribution in [3.05, 3.63) is 99.9 Å². The lowest BCUT2D eigenvalue weighted by atomic mass is 10.1. The summed E-state index contributed by atoms with van der Waals surface area (Å²) in [6.45, 7) is 4.29. The summed E-state index contributed by atoms with van der Waals surface area (Å²) in [5.74, 6) is 0.628. The number of anilines is 1. The van der Waals surface area contributed by atoms with Crippen LogP contribution in [0.25, 0.3) is 5.69 Å². The van der Waals surface area contributed by atoms with Gasteiger partial charge in [-0.2, -0.15) is 5.10 Å². The van der Waals surface area contributed by atoms with Crippen LogP contribution in [0.3, 0.4) is 0 Å². The molecule has 3 N–H and O–H groups in total. The van der Waals surface area contributed by atoms with Gasteiger partial charge in [-0.25, -0.2) is 4.68 Å². The van der Waals surface area contributed by atoms with Crippen LogP contribution in [0, 0.1) is 13.8 Å². The Labute approximate surface area is 180 Å². The molecule has 6 heteroatoms. The summed E-state index contributed by atoms with van der Waals surface area (Å²) in [5, 5.41) is 11.7. The Morgan fingerprint density at radius 2 is 1.83 bits per heavy atom. The van der Waals surface area contributed by atoms with E-state index in [1.807, 2.05) is 68.4 Å². The maximum Gasteiger partial charge on any atom is 0.280 e. The number of quaternary nitrogens is 1. The Morgan fingerprint density at radius 3 is 2.53 bits per heavy atom. The van der Waals surface area contributed by atoms with Crippen molar-refractivity contribution >= 4 is 23.1 Å². The molecule has 0 unspecified atom stereocenters. The summed E-state index contributed by atoms with van der Waals surface area (Å²) in [6, 6.07) is 24.5. The van der Waals surface area contributed by atoms with Gasteiger partial charge in [0.2, 0.25) is 0 Å². The second-order valence-electron chi connectivity index (χ2n) is 7.31. The number of thiophene rings is 1. The van der Waals surface area contributed by atoms with Crippen LogP contribution in [0.15, 0.2) is 78.2 Å². The van der Waals surface area contributed by atoms with Gasteiger partial charge in [0.1, 0.15) is 11.9 Å². The number of carbonyl (C=O) groups is 1. The van der Waals surface area contributed by atoms with Gasteiger partial charge in [-0.05, 0) is 37.4 Å². The fourth-order valence-electron chi connectivity index (χ4n) is 3.44. The van der Waals surface area contributed by atoms with E-state index in [4.69, 9.17) is 0 Å². The zero-order valence-electron chi connectivity index (χ0n) is 17.1. The van der Waals surface area contributed by atoms with E-state index in [0.29, 0.717) is 12.4 Å². The average molecular weight is 418 g/mol. The second-order valence-corrected chi connectivity index (χ2v) is 8.29. The highest BCUT2D eigenvalue weighted by Gasteiger charge is 2.20. The van der Waals surface area contributed by atoms with E-state index < -0.39 is 0 Å². The molecule has 0 aliphatic heterocycles. The molecule has 2 aromatic carbocycles. The minimum absolute atomic E-state index is 0.0549. The molecule has 30 heavy (non-hydrogen) atoms. The van der Waals surface area contributed by atoms with Gasteiger partial charge in [-0.3, -0.25) is 4.79 Å². The van der Waals surface area contributed by atoms with E-state index >= 15 is 0 Å². The third-order valence-corrected chi connectivity index (χ3v) is 5.88. The number of hydrogen-bond acceptors (Lipinski definition) is 3. The predicted molar refractivity (Wildman–Crippen MR) is 121 cm³/mol. The fraction of sp³-hybridized carbons (Fsp3) is 0.167. The molecule has 0 aliphatic carbocycles. The third kappa shape index (κ3) is 4.67. The van der Waals surface area contributed by atoms with Gasteiger partial charge in [0.25, 0.3) is 5.91 Å². The van der Waals surface area contributed by atoms with Crippen molar-refractivity contribution in [2.24, 2.45) is 0 Å². The molecule has 0 saturated carbocycles. The van der Waals surface area contributed by atoms with Crippen LogP contribution in [-0.4, -0.2) is 22.2 Å². The minimum atomic E-state index is -0.0549.